The Balaban J connectivity index is 1.62. The second kappa shape index (κ2) is 8.43. The molecule has 2 atom stereocenters. The normalized spacial score (nSPS) is 18.2. The number of benzene rings is 3. The van der Waals surface area contributed by atoms with Crippen molar-refractivity contribution in [2.45, 2.75) is 25.4 Å². The van der Waals surface area contributed by atoms with E-state index in [0.29, 0.717) is 11.3 Å². The average Bonchev–Trinajstić information content (AvgIpc) is 2.74. The molecule has 160 valence electrons. The molecular weight excluding hydrogens is 410 g/mol. The van der Waals surface area contributed by atoms with Gasteiger partial charge in [0.2, 0.25) is 10.0 Å². The number of carbonyl (C=O) groups is 1. The lowest BCUT2D eigenvalue weighted by Gasteiger charge is -2.40. The zero-order chi connectivity index (χ0) is 22.0. The van der Waals surface area contributed by atoms with Crippen LogP contribution < -0.4 is 14.9 Å². The fraction of sp³-hybridized carbons (Fsp3) is 0.208. The fourth-order valence-electron chi connectivity index (χ4n) is 4.03. The van der Waals surface area contributed by atoms with Crippen molar-refractivity contribution >= 4 is 33.0 Å². The molecule has 0 radical (unpaired) electrons. The molecule has 0 spiro atoms. The minimum absolute atomic E-state index is 0.0163. The van der Waals surface area contributed by atoms with Gasteiger partial charge in [0.05, 0.1) is 12.3 Å². The average molecular weight is 436 g/mol. The highest BCUT2D eigenvalue weighted by molar-refractivity contribution is 7.92. The van der Waals surface area contributed by atoms with Crippen LogP contribution in [0.5, 0.6) is 0 Å². The molecule has 0 aliphatic carbocycles. The second-order valence-corrected chi connectivity index (χ2v) is 9.58. The Labute approximate surface area is 183 Å². The van der Waals surface area contributed by atoms with Crippen LogP contribution in [-0.4, -0.2) is 26.6 Å². The van der Waals surface area contributed by atoms with Crippen LogP contribution >= 0.6 is 0 Å². The van der Waals surface area contributed by atoms with Crippen molar-refractivity contribution in [2.24, 2.45) is 0 Å². The smallest absolute Gasteiger partial charge is 0.258 e. The van der Waals surface area contributed by atoms with Gasteiger partial charge in [0.1, 0.15) is 0 Å². The lowest BCUT2D eigenvalue weighted by Crippen LogP contribution is -2.44. The Kier molecular flexibility index (Phi) is 5.69. The van der Waals surface area contributed by atoms with Crippen LogP contribution in [0, 0.1) is 0 Å². The third-order valence-corrected chi connectivity index (χ3v) is 5.96. The lowest BCUT2D eigenvalue weighted by atomic mass is 9.90. The summed E-state index contributed by atoms with van der Waals surface area (Å²) in [6.07, 6.45) is 1.86. The van der Waals surface area contributed by atoms with Gasteiger partial charge in [0, 0.05) is 28.7 Å². The number of sulfonamides is 1. The highest BCUT2D eigenvalue weighted by Gasteiger charge is 2.34. The predicted octanol–water partition coefficient (Wildman–Crippen LogP) is 4.65. The van der Waals surface area contributed by atoms with Gasteiger partial charge < -0.3 is 10.2 Å². The quantitative estimate of drug-likeness (QED) is 0.611. The zero-order valence-corrected chi connectivity index (χ0v) is 18.3. The van der Waals surface area contributed by atoms with E-state index in [1.165, 1.54) is 0 Å². The number of fused-ring (bicyclic) bond motifs is 1. The van der Waals surface area contributed by atoms with Gasteiger partial charge in [-0.2, -0.15) is 0 Å². The van der Waals surface area contributed by atoms with Crippen molar-refractivity contribution in [1.82, 2.24) is 0 Å². The summed E-state index contributed by atoms with van der Waals surface area (Å²) in [5.74, 6) is -0.107. The minimum Gasteiger partial charge on any atom is -0.378 e. The Morgan fingerprint density at radius 3 is 2.23 bits per heavy atom. The molecule has 6 nitrogen and oxygen atoms in total. The summed E-state index contributed by atoms with van der Waals surface area (Å²) in [6, 6.07) is 24.6. The molecule has 3 aromatic rings. The molecule has 1 aliphatic heterocycles. The van der Waals surface area contributed by atoms with E-state index in [9.17, 15) is 13.2 Å². The number of hydrogen-bond acceptors (Lipinski definition) is 4. The maximum Gasteiger partial charge on any atom is 0.258 e. The first-order valence-electron chi connectivity index (χ1n) is 10.1. The van der Waals surface area contributed by atoms with Gasteiger partial charge in [0.25, 0.3) is 5.91 Å². The maximum atomic E-state index is 13.4. The van der Waals surface area contributed by atoms with Crippen molar-refractivity contribution in [2.75, 3.05) is 21.2 Å². The van der Waals surface area contributed by atoms with Crippen molar-refractivity contribution in [3.63, 3.8) is 0 Å². The summed E-state index contributed by atoms with van der Waals surface area (Å²) >= 11 is 0. The molecule has 1 amide bonds. The number of carbonyl (C=O) groups excluding carboxylic acids is 1. The van der Waals surface area contributed by atoms with Crippen molar-refractivity contribution in [3.05, 3.63) is 90.0 Å². The van der Waals surface area contributed by atoms with Crippen molar-refractivity contribution in [1.29, 1.82) is 0 Å². The first kappa shape index (κ1) is 20.9. The van der Waals surface area contributed by atoms with Gasteiger partial charge in [-0.3, -0.25) is 9.52 Å². The molecule has 3 aromatic carbocycles. The topological polar surface area (TPSA) is 78.5 Å². The fourth-order valence-corrected chi connectivity index (χ4v) is 4.59. The number of amides is 1. The molecule has 0 saturated carbocycles. The molecule has 1 heterocycles. The molecule has 0 aromatic heterocycles. The van der Waals surface area contributed by atoms with E-state index in [-0.39, 0.29) is 18.0 Å². The SMILES string of the molecule is C[C@H]1C[C@H](Nc2ccccc2)c2ccccc2N1C(=O)c1ccc(NS(C)(=O)=O)cc1. The van der Waals surface area contributed by atoms with Gasteiger partial charge in [0.15, 0.2) is 0 Å². The molecule has 4 rings (SSSR count). The van der Waals surface area contributed by atoms with Crippen LogP contribution in [0.2, 0.25) is 0 Å². The number of rotatable bonds is 5. The Morgan fingerprint density at radius 1 is 0.903 bits per heavy atom. The molecule has 0 unspecified atom stereocenters. The van der Waals surface area contributed by atoms with Gasteiger partial charge in [-0.1, -0.05) is 36.4 Å². The van der Waals surface area contributed by atoms with Gasteiger partial charge in [-0.25, -0.2) is 8.42 Å². The molecule has 1 aliphatic rings. The van der Waals surface area contributed by atoms with Crippen LogP contribution in [-0.2, 0) is 10.0 Å². The molecule has 0 saturated heterocycles. The van der Waals surface area contributed by atoms with E-state index in [4.69, 9.17) is 0 Å². The predicted molar refractivity (Wildman–Crippen MR) is 125 cm³/mol. The largest absolute Gasteiger partial charge is 0.378 e. The summed E-state index contributed by atoms with van der Waals surface area (Å²) in [5.41, 5.74) is 3.95. The monoisotopic (exact) mass is 435 g/mol. The Bertz CT molecular complexity index is 1180. The Morgan fingerprint density at radius 2 is 1.55 bits per heavy atom. The highest BCUT2D eigenvalue weighted by atomic mass is 32.2. The van der Waals surface area contributed by atoms with Crippen LogP contribution in [0.3, 0.4) is 0 Å². The Hall–Kier alpha value is -3.32. The van der Waals surface area contributed by atoms with E-state index in [1.54, 1.807) is 24.3 Å². The molecular formula is C24H25N3O3S. The van der Waals surface area contributed by atoms with Crippen molar-refractivity contribution < 1.29 is 13.2 Å². The van der Waals surface area contributed by atoms with E-state index < -0.39 is 10.0 Å². The maximum absolute atomic E-state index is 13.4. The third-order valence-electron chi connectivity index (χ3n) is 5.36. The third kappa shape index (κ3) is 4.72. The molecule has 0 fully saturated rings. The number of nitrogens with zero attached hydrogens (tertiary/aromatic N) is 1. The number of para-hydroxylation sites is 2. The van der Waals surface area contributed by atoms with E-state index in [1.807, 2.05) is 60.4 Å². The van der Waals surface area contributed by atoms with Gasteiger partial charge >= 0.3 is 0 Å². The lowest BCUT2D eigenvalue weighted by molar-refractivity contribution is 0.0974. The van der Waals surface area contributed by atoms with E-state index in [0.717, 1.165) is 29.6 Å². The molecule has 2 N–H and O–H groups in total. The van der Waals surface area contributed by atoms with Crippen molar-refractivity contribution in [3.8, 4) is 0 Å². The molecule has 7 heteroatoms. The van der Waals surface area contributed by atoms with Crippen LogP contribution in [0.25, 0.3) is 0 Å². The summed E-state index contributed by atoms with van der Waals surface area (Å²) in [5, 5.41) is 3.59. The van der Waals surface area contributed by atoms with Gasteiger partial charge in [-0.15, -0.1) is 0 Å². The molecule has 31 heavy (non-hydrogen) atoms. The first-order valence-corrected chi connectivity index (χ1v) is 12.0. The minimum atomic E-state index is -3.36. The van der Waals surface area contributed by atoms with E-state index >= 15 is 0 Å². The summed E-state index contributed by atoms with van der Waals surface area (Å²) in [6.45, 7) is 2.05. The number of anilines is 3. The zero-order valence-electron chi connectivity index (χ0n) is 17.4. The standard InChI is InChI=1S/C24H25N3O3S/c1-17-16-22(25-19-8-4-3-5-9-19)21-10-6-7-11-23(21)27(17)24(28)18-12-14-20(15-13-18)26-31(2,29)30/h3-15,17,22,25-26H,16H2,1-2H3/t17-,22-/m0/s1. The highest BCUT2D eigenvalue weighted by Crippen LogP contribution is 2.39. The second-order valence-electron chi connectivity index (χ2n) is 7.83. The molecule has 0 bridgehead atoms. The van der Waals surface area contributed by atoms with Gasteiger partial charge in [-0.05, 0) is 61.4 Å². The summed E-state index contributed by atoms with van der Waals surface area (Å²) in [4.78, 5) is 15.2. The van der Waals surface area contributed by atoms with Crippen LogP contribution in [0.4, 0.5) is 17.1 Å². The van der Waals surface area contributed by atoms with E-state index in [2.05, 4.69) is 16.1 Å². The summed E-state index contributed by atoms with van der Waals surface area (Å²) in [7, 11) is -3.36. The van der Waals surface area contributed by atoms with Crippen LogP contribution in [0.1, 0.15) is 35.3 Å². The number of nitrogens with one attached hydrogen (secondary N) is 2. The van der Waals surface area contributed by atoms with Crippen LogP contribution in [0.15, 0.2) is 78.9 Å². The summed E-state index contributed by atoms with van der Waals surface area (Å²) < 4.78 is 25.3. The number of hydrogen-bond donors (Lipinski definition) is 2. The first-order chi connectivity index (χ1) is 14.8.